The van der Waals surface area contributed by atoms with Gasteiger partial charge in [-0.15, -0.1) is 0 Å². The second-order valence-electron chi connectivity index (χ2n) is 6.47. The first-order valence-electron chi connectivity index (χ1n) is 9.34. The van der Waals surface area contributed by atoms with Crippen LogP contribution >= 0.6 is 0 Å². The van der Waals surface area contributed by atoms with Crippen LogP contribution in [0, 0.1) is 0 Å². The van der Waals surface area contributed by atoms with Gasteiger partial charge in [0, 0.05) is 33.9 Å². The van der Waals surface area contributed by atoms with Crippen molar-refractivity contribution >= 4 is 0 Å². The summed E-state index contributed by atoms with van der Waals surface area (Å²) in [5.74, 6) is 0. The molecule has 0 saturated heterocycles. The second-order valence-corrected chi connectivity index (χ2v) is 6.47. The van der Waals surface area contributed by atoms with E-state index in [4.69, 9.17) is 14.2 Å². The average molecular weight is 373 g/mol. The summed E-state index contributed by atoms with van der Waals surface area (Å²) < 4.78 is 16.5. The minimum atomic E-state index is -0.589. The van der Waals surface area contributed by atoms with Crippen LogP contribution in [-0.4, -0.2) is 69.8 Å². The molecule has 0 spiro atoms. The largest absolute Gasteiger partial charge is 0.389 e. The summed E-state index contributed by atoms with van der Waals surface area (Å²) in [6.45, 7) is 3.51. The molecule has 0 saturated carbocycles. The fourth-order valence-corrected chi connectivity index (χ4v) is 2.93. The first-order chi connectivity index (χ1) is 13.2. The Balaban J connectivity index is 1.97. The highest BCUT2D eigenvalue weighted by Gasteiger charge is 2.18. The van der Waals surface area contributed by atoms with E-state index in [1.54, 1.807) is 14.2 Å². The van der Waals surface area contributed by atoms with Crippen LogP contribution in [0.15, 0.2) is 60.7 Å². The van der Waals surface area contributed by atoms with Crippen LogP contribution in [0.1, 0.15) is 17.2 Å². The summed E-state index contributed by atoms with van der Waals surface area (Å²) in [5, 5.41) is 10.5. The Bertz CT molecular complexity index is 561. The monoisotopic (exact) mass is 373 g/mol. The van der Waals surface area contributed by atoms with Gasteiger partial charge in [0.1, 0.15) is 6.10 Å². The maximum Gasteiger partial charge on any atom is 0.108 e. The normalized spacial score (nSPS) is 12.6. The molecule has 0 heterocycles. The van der Waals surface area contributed by atoms with Crippen LogP contribution in [0.4, 0.5) is 0 Å². The minimum absolute atomic E-state index is 0.201. The first-order valence-corrected chi connectivity index (χ1v) is 9.34. The molecule has 1 N–H and O–H groups in total. The summed E-state index contributed by atoms with van der Waals surface area (Å²) in [7, 11) is 3.36. The van der Waals surface area contributed by atoms with Gasteiger partial charge in [-0.25, -0.2) is 0 Å². The minimum Gasteiger partial charge on any atom is -0.389 e. The van der Waals surface area contributed by atoms with E-state index in [1.807, 2.05) is 60.7 Å². The van der Waals surface area contributed by atoms with Crippen molar-refractivity contribution in [3.8, 4) is 0 Å². The molecular weight excluding hydrogens is 342 g/mol. The van der Waals surface area contributed by atoms with Crippen molar-refractivity contribution in [3.63, 3.8) is 0 Å². The molecule has 0 bridgehead atoms. The molecule has 0 aliphatic carbocycles. The zero-order valence-electron chi connectivity index (χ0n) is 16.3. The Kier molecular flexibility index (Phi) is 10.0. The van der Waals surface area contributed by atoms with E-state index < -0.39 is 6.10 Å². The summed E-state index contributed by atoms with van der Waals surface area (Å²) in [6.07, 6.45) is -0.790. The molecule has 0 radical (unpaired) electrons. The van der Waals surface area contributed by atoms with E-state index in [1.165, 1.54) is 0 Å². The maximum absolute atomic E-state index is 10.5. The van der Waals surface area contributed by atoms with Gasteiger partial charge < -0.3 is 19.3 Å². The van der Waals surface area contributed by atoms with Crippen molar-refractivity contribution in [3.05, 3.63) is 71.8 Å². The van der Waals surface area contributed by atoms with E-state index in [-0.39, 0.29) is 12.7 Å². The summed E-state index contributed by atoms with van der Waals surface area (Å²) in [5.41, 5.74) is 2.15. The number of hydrogen-bond acceptors (Lipinski definition) is 5. The predicted octanol–water partition coefficient (Wildman–Crippen LogP) is 2.75. The zero-order valence-corrected chi connectivity index (χ0v) is 16.3. The van der Waals surface area contributed by atoms with Gasteiger partial charge in [-0.1, -0.05) is 60.7 Å². The third-order valence-corrected chi connectivity index (χ3v) is 4.35. The quantitative estimate of drug-likeness (QED) is 0.585. The molecular formula is C22H31NO4. The van der Waals surface area contributed by atoms with Gasteiger partial charge >= 0.3 is 0 Å². The summed E-state index contributed by atoms with van der Waals surface area (Å²) >= 11 is 0. The van der Waals surface area contributed by atoms with Crippen molar-refractivity contribution in [2.45, 2.75) is 12.2 Å². The van der Waals surface area contributed by atoms with E-state index in [9.17, 15) is 5.11 Å². The number of hydrogen-bond donors (Lipinski definition) is 1. The number of benzene rings is 2. The molecule has 5 nitrogen and oxygen atoms in total. The van der Waals surface area contributed by atoms with Gasteiger partial charge in [-0.05, 0) is 11.1 Å². The second kappa shape index (κ2) is 12.6. The van der Waals surface area contributed by atoms with Crippen LogP contribution in [-0.2, 0) is 14.2 Å². The molecule has 0 aromatic heterocycles. The van der Waals surface area contributed by atoms with Gasteiger partial charge in [0.05, 0.1) is 25.9 Å². The fraction of sp³-hybridized carbons (Fsp3) is 0.455. The molecule has 2 aromatic carbocycles. The number of aliphatic hydroxyl groups excluding tert-OH is 1. The van der Waals surface area contributed by atoms with Crippen molar-refractivity contribution in [1.82, 2.24) is 4.90 Å². The van der Waals surface area contributed by atoms with Gasteiger partial charge in [0.2, 0.25) is 0 Å². The van der Waals surface area contributed by atoms with Crippen molar-refractivity contribution < 1.29 is 19.3 Å². The lowest BCUT2D eigenvalue weighted by atomic mass is 10.0. The standard InChI is InChI=1S/C22H31NO4/c1-25-15-13-23(14-16-26-2)17-21(24)18-27-22(19-9-5-3-6-10-19)20-11-7-4-8-12-20/h3-12,21-22,24H,13-18H2,1-2H3/t21-/m0/s1. The number of ether oxygens (including phenoxy) is 3. The molecule has 148 valence electrons. The maximum atomic E-state index is 10.5. The van der Waals surface area contributed by atoms with Gasteiger partial charge in [0.15, 0.2) is 0 Å². The highest BCUT2D eigenvalue weighted by Crippen LogP contribution is 2.25. The van der Waals surface area contributed by atoms with Crippen LogP contribution in [0.2, 0.25) is 0 Å². The number of rotatable bonds is 13. The SMILES string of the molecule is COCCN(CCOC)C[C@H](O)COC(c1ccccc1)c1ccccc1. The van der Waals surface area contributed by atoms with Gasteiger partial charge in [-0.2, -0.15) is 0 Å². The molecule has 5 heteroatoms. The summed E-state index contributed by atoms with van der Waals surface area (Å²) in [4.78, 5) is 2.13. The highest BCUT2D eigenvalue weighted by molar-refractivity contribution is 5.29. The number of aliphatic hydroxyl groups is 1. The smallest absolute Gasteiger partial charge is 0.108 e. The van der Waals surface area contributed by atoms with E-state index in [0.717, 1.165) is 24.2 Å². The van der Waals surface area contributed by atoms with Crippen LogP contribution in [0.3, 0.4) is 0 Å². The van der Waals surface area contributed by atoms with E-state index >= 15 is 0 Å². The number of methoxy groups -OCH3 is 2. The lowest BCUT2D eigenvalue weighted by Gasteiger charge is -2.26. The van der Waals surface area contributed by atoms with Crippen molar-refractivity contribution in [2.24, 2.45) is 0 Å². The van der Waals surface area contributed by atoms with E-state index in [0.29, 0.717) is 19.8 Å². The molecule has 0 unspecified atom stereocenters. The molecule has 0 amide bonds. The van der Waals surface area contributed by atoms with Crippen molar-refractivity contribution in [1.29, 1.82) is 0 Å². The highest BCUT2D eigenvalue weighted by atomic mass is 16.5. The van der Waals surface area contributed by atoms with Crippen LogP contribution in [0.5, 0.6) is 0 Å². The van der Waals surface area contributed by atoms with Gasteiger partial charge in [-0.3, -0.25) is 4.90 Å². The van der Waals surface area contributed by atoms with E-state index in [2.05, 4.69) is 4.90 Å². The lowest BCUT2D eigenvalue weighted by Crippen LogP contribution is -2.39. The molecule has 27 heavy (non-hydrogen) atoms. The van der Waals surface area contributed by atoms with Crippen LogP contribution in [0.25, 0.3) is 0 Å². The molecule has 0 aliphatic rings. The fourth-order valence-electron chi connectivity index (χ4n) is 2.93. The molecule has 2 rings (SSSR count). The average Bonchev–Trinajstić information content (AvgIpc) is 2.71. The molecule has 0 aliphatic heterocycles. The van der Waals surface area contributed by atoms with Crippen molar-refractivity contribution in [2.75, 3.05) is 53.7 Å². The zero-order chi connectivity index (χ0) is 19.3. The predicted molar refractivity (Wildman–Crippen MR) is 107 cm³/mol. The molecule has 2 aromatic rings. The molecule has 1 atom stereocenters. The molecule has 0 fully saturated rings. The van der Waals surface area contributed by atoms with Gasteiger partial charge in [0.25, 0.3) is 0 Å². The summed E-state index contributed by atoms with van der Waals surface area (Å²) in [6, 6.07) is 20.2. The third kappa shape index (κ3) is 7.79. The Hall–Kier alpha value is -1.76. The van der Waals surface area contributed by atoms with Crippen LogP contribution < -0.4 is 0 Å². The lowest BCUT2D eigenvalue weighted by molar-refractivity contribution is -0.0136. The Morgan fingerprint density at radius 3 is 1.74 bits per heavy atom. The Morgan fingerprint density at radius 1 is 0.815 bits per heavy atom. The Labute approximate surface area is 162 Å². The number of nitrogens with zero attached hydrogens (tertiary/aromatic N) is 1. The third-order valence-electron chi connectivity index (χ3n) is 4.35. The first kappa shape index (κ1) is 21.5. The topological polar surface area (TPSA) is 51.2 Å². The Morgan fingerprint density at radius 2 is 1.30 bits per heavy atom.